The van der Waals surface area contributed by atoms with Crippen LogP contribution in [0.1, 0.15) is 0 Å². The van der Waals surface area contributed by atoms with Crippen LogP contribution in [0, 0.1) is 0 Å². The van der Waals surface area contributed by atoms with E-state index < -0.39 is 7.82 Å². The van der Waals surface area contributed by atoms with Gasteiger partial charge in [0.05, 0.1) is 0 Å². The van der Waals surface area contributed by atoms with Crippen molar-refractivity contribution < 1.29 is 18.8 Å². The maximum absolute atomic E-state index is 9.12. The summed E-state index contributed by atoms with van der Waals surface area (Å²) < 4.78 is 12.0. The van der Waals surface area contributed by atoms with Crippen molar-refractivity contribution in [3.8, 4) is 0 Å². The predicted molar refractivity (Wildman–Crippen MR) is 20.2 cm³/mol. The van der Waals surface area contributed by atoms with E-state index in [0.29, 0.717) is 0 Å². The van der Waals surface area contributed by atoms with Gasteiger partial charge >= 0.3 is 48.9 Å². The number of hydrogen-bond donors (Lipinski definition) is 0. The van der Waals surface area contributed by atoms with Gasteiger partial charge in [-0.2, -0.15) is 0 Å². The molecule has 0 saturated carbocycles. The van der Waals surface area contributed by atoms with Gasteiger partial charge in [0.2, 0.25) is 0 Å². The van der Waals surface area contributed by atoms with Crippen LogP contribution in [0.3, 0.4) is 0 Å². The normalized spacial score (nSPS) is 10.0. The molecule has 34 valence electrons. The average Bonchev–Trinajstić information content (AvgIpc) is 1.35. The van der Waals surface area contributed by atoms with Crippen LogP contribution >= 0.6 is 7.82 Å². The minimum Gasteiger partial charge on any atom is -0.791 e. The molecule has 0 spiro atoms. The summed E-state index contributed by atoms with van der Waals surface area (Å²) in [7, 11) is -0.951. The van der Waals surface area contributed by atoms with E-state index in [4.69, 9.17) is 14.4 Å². The fourth-order valence-electron chi connectivity index (χ4n) is 0. The van der Waals surface area contributed by atoms with Crippen molar-refractivity contribution >= 4 is 64.8 Å². The van der Waals surface area contributed by atoms with Crippen molar-refractivity contribution in [2.24, 2.45) is 0 Å². The summed E-state index contributed by atoms with van der Waals surface area (Å²) in [6, 6.07) is 0. The molecule has 0 aromatic heterocycles. The maximum atomic E-state index is 9.12. The van der Waals surface area contributed by atoms with Crippen molar-refractivity contribution in [3.63, 3.8) is 0 Å². The van der Waals surface area contributed by atoms with E-state index in [1.54, 1.807) is 0 Å². The van der Waals surface area contributed by atoms with Crippen LogP contribution in [-0.4, -0.2) is 56.9 Å². The van der Waals surface area contributed by atoms with Crippen LogP contribution < -0.4 is 9.79 Å². The van der Waals surface area contributed by atoms with Gasteiger partial charge in [0, 0.05) is 7.82 Å². The molecule has 4 nitrogen and oxygen atoms in total. The first-order chi connectivity index (χ1) is 2.56. The van der Waals surface area contributed by atoms with Crippen LogP contribution in [0.15, 0.2) is 0 Å². The molecule has 0 unspecified atom stereocenters. The number of phosphoric acid groups is 1. The Labute approximate surface area is 82.4 Å². The molecule has 0 amide bonds. The average molecular weight is 243 g/mol. The molecule has 0 heterocycles. The quantitative estimate of drug-likeness (QED) is 0.378. The van der Waals surface area contributed by atoms with E-state index in [1.165, 1.54) is 0 Å². The van der Waals surface area contributed by atoms with Crippen LogP contribution in [0.25, 0.3) is 0 Å². The van der Waals surface area contributed by atoms with Crippen LogP contribution in [0.2, 0.25) is 0 Å². The van der Waals surface area contributed by atoms with Gasteiger partial charge in [-0.05, 0) is 0 Å². The Balaban J connectivity index is 0. The fourth-order valence-corrected chi connectivity index (χ4v) is 0. The molecule has 0 atom stereocenters. The third-order valence-electron chi connectivity index (χ3n) is 0.129. The molecule has 7 heteroatoms. The fraction of sp³-hybridized carbons (Fsp3) is 0. The Bertz CT molecular complexity index is 75.8. The van der Waals surface area contributed by atoms with E-state index in [9.17, 15) is 0 Å². The molecule has 0 saturated heterocycles. The molecule has 2 radical (unpaired) electrons. The zero-order chi connectivity index (χ0) is 5.21. The van der Waals surface area contributed by atoms with Gasteiger partial charge in [0.1, 0.15) is 0 Å². The zero-order valence-electron chi connectivity index (χ0n) is 3.36. The van der Waals surface area contributed by atoms with E-state index in [-0.39, 0.29) is 48.9 Å². The molecule has 0 aliphatic carbocycles. The Hall–Kier alpha value is 1.75. The summed E-state index contributed by atoms with van der Waals surface area (Å²) >= 11 is 0. The van der Waals surface area contributed by atoms with Gasteiger partial charge in [-0.15, -0.1) is 0 Å². The van der Waals surface area contributed by atoms with E-state index in [0.717, 1.165) is 0 Å². The summed E-state index contributed by atoms with van der Waals surface area (Å²) in [5.74, 6) is 0. The van der Waals surface area contributed by atoms with Gasteiger partial charge in [-0.3, -0.25) is 0 Å². The van der Waals surface area contributed by atoms with Crippen molar-refractivity contribution in [2.75, 3.05) is 0 Å². The van der Waals surface area contributed by atoms with Gasteiger partial charge in [-0.25, -0.2) is 0 Å². The van der Waals surface area contributed by atoms with Crippen molar-refractivity contribution in [1.29, 1.82) is 0 Å². The Kier molecular flexibility index (Phi) is 7.59. The minimum atomic E-state index is -4.87. The SMILES string of the molecule is [B]OP(=O)([O-])[O-].[Ba+2]. The molecule has 0 rings (SSSR count). The van der Waals surface area contributed by atoms with Gasteiger partial charge in [0.25, 0.3) is 8.05 Å². The van der Waals surface area contributed by atoms with Gasteiger partial charge in [0.15, 0.2) is 0 Å². The van der Waals surface area contributed by atoms with Gasteiger partial charge in [-0.1, -0.05) is 0 Å². The number of rotatable bonds is 1. The number of hydrogen-bond acceptors (Lipinski definition) is 4. The van der Waals surface area contributed by atoms with Gasteiger partial charge < -0.3 is 18.8 Å². The first-order valence-electron chi connectivity index (χ1n) is 0.966. The molecule has 0 bridgehead atoms. The summed E-state index contributed by atoms with van der Waals surface area (Å²) in [6.07, 6.45) is 0. The molecule has 7 heavy (non-hydrogen) atoms. The predicted octanol–water partition coefficient (Wildman–Crippen LogP) is -2.47. The molecule has 0 fully saturated rings. The summed E-state index contributed by atoms with van der Waals surface area (Å²) in [5.41, 5.74) is 0. The first kappa shape index (κ1) is 11.5. The molecular formula is BBaO4P. The third kappa shape index (κ3) is 11.4. The monoisotopic (exact) mass is 244 g/mol. The summed E-state index contributed by atoms with van der Waals surface area (Å²) in [4.78, 5) is 18.2. The first-order valence-corrected chi connectivity index (χ1v) is 2.43. The van der Waals surface area contributed by atoms with Crippen molar-refractivity contribution in [2.45, 2.75) is 0 Å². The molecule has 0 aromatic rings. The van der Waals surface area contributed by atoms with Crippen molar-refractivity contribution in [1.82, 2.24) is 0 Å². The van der Waals surface area contributed by atoms with Crippen LogP contribution in [-0.2, 0) is 9.01 Å². The van der Waals surface area contributed by atoms with E-state index >= 15 is 0 Å². The Morgan fingerprint density at radius 2 is 1.71 bits per heavy atom. The minimum absolute atomic E-state index is 0. The second-order valence-electron chi connectivity index (χ2n) is 0.553. The molecule has 0 N–H and O–H groups in total. The van der Waals surface area contributed by atoms with Crippen LogP contribution in [0.4, 0.5) is 0 Å². The van der Waals surface area contributed by atoms with Crippen LogP contribution in [0.5, 0.6) is 0 Å². The molecule has 0 aliphatic rings. The molecular weight excluding hydrogens is 243 g/mol. The molecule has 0 aliphatic heterocycles. The van der Waals surface area contributed by atoms with E-state index in [1.807, 2.05) is 0 Å². The summed E-state index contributed by atoms with van der Waals surface area (Å²) in [6.45, 7) is 0. The smallest absolute Gasteiger partial charge is 0.791 e. The van der Waals surface area contributed by atoms with E-state index in [2.05, 4.69) is 12.5 Å². The molecule has 0 aromatic carbocycles. The van der Waals surface area contributed by atoms with Crippen molar-refractivity contribution in [3.05, 3.63) is 0 Å². The summed E-state index contributed by atoms with van der Waals surface area (Å²) in [5, 5.41) is 0. The maximum Gasteiger partial charge on any atom is 2.00 e. The Morgan fingerprint density at radius 1 is 1.57 bits per heavy atom. The topological polar surface area (TPSA) is 72.4 Å². The standard InChI is InChI=1S/BH2O4P.Ba/c1-5-6(2,3)4;/h(H2,2,3,4);/q;+2/p-2. The largest absolute Gasteiger partial charge is 2.00 e. The third-order valence-corrected chi connectivity index (χ3v) is 0.387. The second kappa shape index (κ2) is 4.61. The Morgan fingerprint density at radius 3 is 1.71 bits per heavy atom. The second-order valence-corrected chi connectivity index (χ2v) is 1.66. The zero-order valence-corrected chi connectivity index (χ0v) is 8.70.